The van der Waals surface area contributed by atoms with E-state index in [1.54, 1.807) is 6.92 Å². The highest BCUT2D eigenvalue weighted by atomic mass is 16.1. The number of fused-ring (bicyclic) bond motifs is 1. The van der Waals surface area contributed by atoms with E-state index in [9.17, 15) is 4.79 Å². The predicted molar refractivity (Wildman–Crippen MR) is 68.6 cm³/mol. The number of aromatic nitrogens is 1. The van der Waals surface area contributed by atoms with Crippen molar-refractivity contribution in [3.05, 3.63) is 36.0 Å². The molecule has 0 radical (unpaired) electrons. The van der Waals surface area contributed by atoms with E-state index in [4.69, 9.17) is 11.5 Å². The van der Waals surface area contributed by atoms with Gasteiger partial charge < -0.3 is 16.5 Å². The zero-order chi connectivity index (χ0) is 12.4. The van der Waals surface area contributed by atoms with Crippen molar-refractivity contribution in [1.29, 1.82) is 0 Å². The summed E-state index contributed by atoms with van der Waals surface area (Å²) < 4.78 is 0. The first-order valence-electron chi connectivity index (χ1n) is 5.69. The highest BCUT2D eigenvalue weighted by Gasteiger charge is 2.18. The quantitative estimate of drug-likeness (QED) is 0.732. The van der Waals surface area contributed by atoms with Crippen molar-refractivity contribution in [3.63, 3.8) is 0 Å². The lowest BCUT2D eigenvalue weighted by atomic mass is 9.99. The number of rotatable bonds is 4. The van der Waals surface area contributed by atoms with Crippen LogP contribution in [0.15, 0.2) is 30.5 Å². The van der Waals surface area contributed by atoms with Crippen LogP contribution in [0, 0.1) is 0 Å². The Kier molecular flexibility index (Phi) is 3.26. The summed E-state index contributed by atoms with van der Waals surface area (Å²) in [5, 5.41) is 1.11. The van der Waals surface area contributed by atoms with Gasteiger partial charge in [0.25, 0.3) is 0 Å². The highest BCUT2D eigenvalue weighted by Crippen LogP contribution is 2.18. The van der Waals surface area contributed by atoms with E-state index in [0.717, 1.165) is 16.5 Å². The Morgan fingerprint density at radius 2 is 2.06 bits per heavy atom. The summed E-state index contributed by atoms with van der Waals surface area (Å²) in [7, 11) is 0. The molecule has 17 heavy (non-hydrogen) atoms. The van der Waals surface area contributed by atoms with E-state index in [1.807, 2.05) is 30.5 Å². The standard InChI is InChI=1S/C13H17N3O/c1-8(14)13(17)11(15)6-9-7-16-12-5-3-2-4-10(9)12/h2-5,7-8,11,16H,6,14-15H2,1H3/t8?,11-/m0/s1. The molecule has 0 spiro atoms. The van der Waals surface area contributed by atoms with Gasteiger partial charge in [-0.2, -0.15) is 0 Å². The number of ketones is 1. The Balaban J connectivity index is 2.21. The van der Waals surface area contributed by atoms with Gasteiger partial charge in [-0.25, -0.2) is 0 Å². The van der Waals surface area contributed by atoms with Crippen LogP contribution in [0.5, 0.6) is 0 Å². The maximum atomic E-state index is 11.6. The lowest BCUT2D eigenvalue weighted by Crippen LogP contribution is -2.42. The smallest absolute Gasteiger partial charge is 0.166 e. The van der Waals surface area contributed by atoms with Crippen LogP contribution in [0.3, 0.4) is 0 Å². The third kappa shape index (κ3) is 2.38. The maximum Gasteiger partial charge on any atom is 0.166 e. The SMILES string of the molecule is CC(N)C(=O)[C@@H](N)Cc1c[nH]c2ccccc12. The fourth-order valence-electron chi connectivity index (χ4n) is 1.98. The Morgan fingerprint density at radius 1 is 1.35 bits per heavy atom. The molecule has 0 aliphatic carbocycles. The number of hydrogen-bond donors (Lipinski definition) is 3. The molecular formula is C13H17N3O. The molecule has 0 amide bonds. The molecule has 0 saturated carbocycles. The number of nitrogens with one attached hydrogen (secondary N) is 1. The Labute approximate surface area is 100.0 Å². The molecule has 1 unspecified atom stereocenters. The number of carbonyl (C=O) groups excluding carboxylic acids is 1. The van der Waals surface area contributed by atoms with Crippen molar-refractivity contribution >= 4 is 16.7 Å². The summed E-state index contributed by atoms with van der Waals surface area (Å²) in [6, 6.07) is 6.92. The van der Waals surface area contributed by atoms with Crippen LogP contribution in [0.4, 0.5) is 0 Å². The molecule has 1 aromatic heterocycles. The van der Waals surface area contributed by atoms with Gasteiger partial charge in [-0.3, -0.25) is 4.79 Å². The molecule has 4 nitrogen and oxygen atoms in total. The van der Waals surface area contributed by atoms with Crippen molar-refractivity contribution in [2.24, 2.45) is 11.5 Å². The van der Waals surface area contributed by atoms with Crippen LogP contribution in [-0.2, 0) is 11.2 Å². The van der Waals surface area contributed by atoms with Crippen LogP contribution in [0.25, 0.3) is 10.9 Å². The molecule has 2 rings (SSSR count). The first-order valence-corrected chi connectivity index (χ1v) is 5.69. The maximum absolute atomic E-state index is 11.6. The molecular weight excluding hydrogens is 214 g/mol. The van der Waals surface area contributed by atoms with Gasteiger partial charge >= 0.3 is 0 Å². The minimum atomic E-state index is -0.533. The number of carbonyl (C=O) groups is 1. The molecule has 1 heterocycles. The summed E-state index contributed by atoms with van der Waals surface area (Å²) in [4.78, 5) is 14.8. The number of H-pyrrole nitrogens is 1. The summed E-state index contributed by atoms with van der Waals surface area (Å²) >= 11 is 0. The van der Waals surface area contributed by atoms with Gasteiger partial charge in [0.15, 0.2) is 5.78 Å². The molecule has 0 fully saturated rings. The lowest BCUT2D eigenvalue weighted by Gasteiger charge is -2.12. The molecule has 2 atom stereocenters. The number of para-hydroxylation sites is 1. The van der Waals surface area contributed by atoms with Gasteiger partial charge in [-0.15, -0.1) is 0 Å². The van der Waals surface area contributed by atoms with Gasteiger partial charge in [-0.05, 0) is 25.0 Å². The second-order valence-corrected chi connectivity index (χ2v) is 4.36. The fraction of sp³-hybridized carbons (Fsp3) is 0.308. The van der Waals surface area contributed by atoms with Crippen molar-refractivity contribution < 1.29 is 4.79 Å². The van der Waals surface area contributed by atoms with Crippen LogP contribution in [0.1, 0.15) is 12.5 Å². The molecule has 90 valence electrons. The van der Waals surface area contributed by atoms with E-state index >= 15 is 0 Å². The van der Waals surface area contributed by atoms with Crippen LogP contribution in [0.2, 0.25) is 0 Å². The Bertz CT molecular complexity index is 530. The van der Waals surface area contributed by atoms with Crippen molar-refractivity contribution in [3.8, 4) is 0 Å². The van der Waals surface area contributed by atoms with E-state index in [0.29, 0.717) is 6.42 Å². The van der Waals surface area contributed by atoms with E-state index < -0.39 is 12.1 Å². The van der Waals surface area contributed by atoms with E-state index in [2.05, 4.69) is 4.98 Å². The van der Waals surface area contributed by atoms with E-state index in [-0.39, 0.29) is 5.78 Å². The van der Waals surface area contributed by atoms with Crippen molar-refractivity contribution in [2.75, 3.05) is 0 Å². The first kappa shape index (κ1) is 11.8. The molecule has 2 aromatic rings. The number of benzene rings is 1. The van der Waals surface area contributed by atoms with Crippen LogP contribution < -0.4 is 11.5 Å². The third-order valence-electron chi connectivity index (χ3n) is 2.93. The fourth-order valence-corrected chi connectivity index (χ4v) is 1.98. The van der Waals surface area contributed by atoms with Gasteiger partial charge in [0.05, 0.1) is 12.1 Å². The highest BCUT2D eigenvalue weighted by molar-refractivity contribution is 5.90. The predicted octanol–water partition coefficient (Wildman–Crippen LogP) is 0.954. The summed E-state index contributed by atoms with van der Waals surface area (Å²) in [5.74, 6) is -0.102. The minimum Gasteiger partial charge on any atom is -0.361 e. The third-order valence-corrected chi connectivity index (χ3v) is 2.93. The van der Waals surface area contributed by atoms with Gasteiger partial charge in [0, 0.05) is 17.1 Å². The molecule has 0 bridgehead atoms. The second kappa shape index (κ2) is 4.69. The lowest BCUT2D eigenvalue weighted by molar-refractivity contribution is -0.121. The second-order valence-electron chi connectivity index (χ2n) is 4.36. The van der Waals surface area contributed by atoms with Gasteiger partial charge in [0.2, 0.25) is 0 Å². The van der Waals surface area contributed by atoms with Crippen LogP contribution >= 0.6 is 0 Å². The van der Waals surface area contributed by atoms with Gasteiger partial charge in [0.1, 0.15) is 0 Å². The summed E-state index contributed by atoms with van der Waals surface area (Å²) in [6.45, 7) is 1.66. The molecule has 0 aliphatic heterocycles. The molecule has 4 heteroatoms. The van der Waals surface area contributed by atoms with Crippen molar-refractivity contribution in [2.45, 2.75) is 25.4 Å². The van der Waals surface area contributed by atoms with Crippen molar-refractivity contribution in [1.82, 2.24) is 4.98 Å². The first-order chi connectivity index (χ1) is 8.09. The topological polar surface area (TPSA) is 84.9 Å². The average Bonchev–Trinajstić information content (AvgIpc) is 2.71. The number of aromatic amines is 1. The number of nitrogens with two attached hydrogens (primary N) is 2. The molecule has 5 N–H and O–H groups in total. The largest absolute Gasteiger partial charge is 0.361 e. The minimum absolute atomic E-state index is 0.102. The molecule has 0 aliphatic rings. The number of hydrogen-bond acceptors (Lipinski definition) is 3. The van der Waals surface area contributed by atoms with Crippen LogP contribution in [-0.4, -0.2) is 22.9 Å². The number of Topliss-reactive ketones (excluding diaryl/α,β-unsaturated/α-hetero) is 1. The van der Waals surface area contributed by atoms with E-state index in [1.165, 1.54) is 0 Å². The molecule has 1 aromatic carbocycles. The molecule has 0 saturated heterocycles. The summed E-state index contributed by atoms with van der Waals surface area (Å²) in [5.41, 5.74) is 13.5. The average molecular weight is 231 g/mol. The monoisotopic (exact) mass is 231 g/mol. The Morgan fingerprint density at radius 3 is 2.76 bits per heavy atom. The normalized spacial score (nSPS) is 14.8. The summed E-state index contributed by atoms with van der Waals surface area (Å²) in [6.07, 6.45) is 2.42. The zero-order valence-electron chi connectivity index (χ0n) is 9.81. The Hall–Kier alpha value is -1.65. The zero-order valence-corrected chi connectivity index (χ0v) is 9.81. The van der Waals surface area contributed by atoms with Gasteiger partial charge in [-0.1, -0.05) is 18.2 Å².